The SMILES string of the molecule is CCC(C)[C@H](NC(=O)[C@H](Cc1ccc(O)cc1)NC(=O)[C@@H](NC(=O)[C@H](CCCNC(=N)N)NC(=O)CN(C)C(=O)OCc1ccccc1)C(C)C)C(=O)NC(Cc1c[nH]cn1)C(=O)N1CCC[C@H]1C(=O)N[C@H](C)C(=O)OCc1ccccc1. The first-order valence-corrected chi connectivity index (χ1v) is 27.7. The molecule has 12 N–H and O–H groups in total. The molecule has 0 radical (unpaired) electrons. The third-order valence-corrected chi connectivity index (χ3v) is 13.9. The van der Waals surface area contributed by atoms with E-state index in [-0.39, 0.29) is 70.1 Å². The quantitative estimate of drug-likeness (QED) is 0.0154. The van der Waals surface area contributed by atoms with Crippen LogP contribution in [0.2, 0.25) is 0 Å². The summed E-state index contributed by atoms with van der Waals surface area (Å²) in [4.78, 5) is 135. The summed E-state index contributed by atoms with van der Waals surface area (Å²) in [7, 11) is 1.35. The van der Waals surface area contributed by atoms with Crippen LogP contribution in [0.25, 0.3) is 0 Å². The third-order valence-electron chi connectivity index (χ3n) is 13.9. The van der Waals surface area contributed by atoms with E-state index in [0.717, 1.165) is 16.0 Å². The second-order valence-electron chi connectivity index (χ2n) is 20.9. The van der Waals surface area contributed by atoms with E-state index in [4.69, 9.17) is 20.6 Å². The van der Waals surface area contributed by atoms with Crippen molar-refractivity contribution < 1.29 is 57.7 Å². The number of hydrogen-bond donors (Lipinski definition) is 11. The average molecular weight is 1150 g/mol. The molecule has 0 spiro atoms. The summed E-state index contributed by atoms with van der Waals surface area (Å²) in [5, 5.41) is 36.7. The molecule has 1 saturated heterocycles. The maximum Gasteiger partial charge on any atom is 0.410 e. The first-order valence-electron chi connectivity index (χ1n) is 27.7. The van der Waals surface area contributed by atoms with Crippen molar-refractivity contribution in [3.63, 3.8) is 0 Å². The number of aromatic nitrogens is 2. The Morgan fingerprint density at radius 3 is 1.95 bits per heavy atom. The van der Waals surface area contributed by atoms with Gasteiger partial charge in [-0.15, -0.1) is 0 Å². The molecule has 3 aromatic carbocycles. The second-order valence-corrected chi connectivity index (χ2v) is 20.9. The van der Waals surface area contributed by atoms with E-state index in [0.29, 0.717) is 24.1 Å². The number of rotatable bonds is 30. The number of phenolic OH excluding ortho intramolecular Hbond substituents is 1. The number of guanidine groups is 1. The molecule has 25 heteroatoms. The van der Waals surface area contributed by atoms with Crippen LogP contribution in [0, 0.1) is 17.2 Å². The predicted molar refractivity (Wildman–Crippen MR) is 305 cm³/mol. The van der Waals surface area contributed by atoms with E-state index >= 15 is 0 Å². The topological polar surface area (TPSA) is 362 Å². The van der Waals surface area contributed by atoms with Crippen LogP contribution < -0.4 is 43.0 Å². The summed E-state index contributed by atoms with van der Waals surface area (Å²) in [6, 6.07) is 15.3. The number of carbonyl (C=O) groups excluding carboxylic acids is 9. The Hall–Kier alpha value is -9.03. The number of aromatic amines is 1. The number of phenols is 1. The Morgan fingerprint density at radius 2 is 1.35 bits per heavy atom. The molecule has 1 aliphatic rings. The fourth-order valence-electron chi connectivity index (χ4n) is 9.03. The number of nitrogens with one attached hydrogen (secondary N) is 9. The van der Waals surface area contributed by atoms with Gasteiger partial charge in [-0.3, -0.25) is 39.0 Å². The standard InChI is InChI=1S/C58H79N13O12/c1-7-36(4)49(54(78)67-45(29-41-30-61-34-63-41)55(79)71-27-15-21-46(71)52(76)64-37(5)56(80)82-32-39-16-10-8-11-17-39)69-51(75)44(28-38-22-24-42(72)25-23-38)66-53(77)48(35(2)3)68-50(74)43(20-14-26-62-57(59)60)65-47(73)31-70(6)58(81)83-33-40-18-12-9-13-19-40/h8-13,16-19,22-25,30,34-37,43-46,48-49,72H,7,14-15,20-21,26-29,31-33H2,1-6H3,(H,61,63)(H,64,76)(H,65,73)(H,66,77)(H,67,78)(H,68,74)(H,69,75)(H4,59,60,62)/t36?,37-,43+,44+,45?,46+,48+,49+/m1/s1. The lowest BCUT2D eigenvalue weighted by Gasteiger charge is -2.32. The normalized spacial score (nSPS) is 15.4. The molecule has 2 heterocycles. The van der Waals surface area contributed by atoms with Crippen LogP contribution >= 0.6 is 0 Å². The lowest BCUT2D eigenvalue weighted by atomic mass is 9.96. The number of ether oxygens (including phenoxy) is 2. The van der Waals surface area contributed by atoms with Crippen molar-refractivity contribution in [2.24, 2.45) is 17.6 Å². The highest BCUT2D eigenvalue weighted by molar-refractivity contribution is 5.98. The molecular formula is C58H79N13O12. The van der Waals surface area contributed by atoms with E-state index in [2.05, 4.69) is 47.2 Å². The molecule has 0 saturated carbocycles. The van der Waals surface area contributed by atoms with Crippen LogP contribution in [-0.4, -0.2) is 153 Å². The Balaban J connectivity index is 1.32. The minimum absolute atomic E-state index is 0.000389. The van der Waals surface area contributed by atoms with Crippen LogP contribution in [0.4, 0.5) is 4.79 Å². The Bertz CT molecular complexity index is 2810. The monoisotopic (exact) mass is 1150 g/mol. The van der Waals surface area contributed by atoms with Crippen molar-refractivity contribution in [3.05, 3.63) is 120 Å². The average Bonchev–Trinajstić information content (AvgIpc) is 4.41. The summed E-state index contributed by atoms with van der Waals surface area (Å²) in [5.41, 5.74) is 7.87. The number of hydrogen-bond acceptors (Lipinski definition) is 14. The zero-order valence-electron chi connectivity index (χ0n) is 47.8. The Labute approximate surface area is 482 Å². The molecule has 5 rings (SSSR count). The number of esters is 1. The molecule has 1 aromatic heterocycles. The third kappa shape index (κ3) is 20.8. The largest absolute Gasteiger partial charge is 0.508 e. The zero-order valence-corrected chi connectivity index (χ0v) is 47.8. The Morgan fingerprint density at radius 1 is 0.747 bits per heavy atom. The summed E-state index contributed by atoms with van der Waals surface area (Å²) in [5.74, 6) is -7.23. The van der Waals surface area contributed by atoms with Gasteiger partial charge in [-0.2, -0.15) is 0 Å². The molecule has 1 fully saturated rings. The van der Waals surface area contributed by atoms with Gasteiger partial charge in [0, 0.05) is 39.2 Å². The van der Waals surface area contributed by atoms with Crippen LogP contribution in [0.3, 0.4) is 0 Å². The molecule has 83 heavy (non-hydrogen) atoms. The summed E-state index contributed by atoms with van der Waals surface area (Å²) in [6.45, 7) is 8.12. The number of carbonyl (C=O) groups is 9. The van der Waals surface area contributed by atoms with Crippen molar-refractivity contribution in [1.29, 1.82) is 5.41 Å². The van der Waals surface area contributed by atoms with E-state index in [1.54, 1.807) is 82.4 Å². The van der Waals surface area contributed by atoms with Crippen molar-refractivity contribution in [1.82, 2.24) is 57.0 Å². The number of likely N-dealkylation sites (tertiary alicyclic amines) is 1. The van der Waals surface area contributed by atoms with Crippen molar-refractivity contribution in [2.45, 2.75) is 135 Å². The minimum Gasteiger partial charge on any atom is -0.508 e. The van der Waals surface area contributed by atoms with Gasteiger partial charge in [0.25, 0.3) is 0 Å². The zero-order chi connectivity index (χ0) is 60.6. The molecule has 4 aromatic rings. The molecule has 448 valence electrons. The molecule has 1 aliphatic heterocycles. The molecule has 25 nitrogen and oxygen atoms in total. The van der Waals surface area contributed by atoms with Gasteiger partial charge in [0.15, 0.2) is 5.96 Å². The van der Waals surface area contributed by atoms with Gasteiger partial charge in [-0.05, 0) is 73.3 Å². The number of H-pyrrole nitrogens is 1. The predicted octanol–water partition coefficient (Wildman–Crippen LogP) is 1.80. The summed E-state index contributed by atoms with van der Waals surface area (Å²) in [6.07, 6.45) is 3.24. The molecule has 2 unspecified atom stereocenters. The van der Waals surface area contributed by atoms with Gasteiger partial charge < -0.3 is 72.3 Å². The van der Waals surface area contributed by atoms with E-state index < -0.39 is 114 Å². The maximum absolute atomic E-state index is 14.7. The van der Waals surface area contributed by atoms with Crippen LogP contribution in [0.15, 0.2) is 97.5 Å². The van der Waals surface area contributed by atoms with Gasteiger partial charge in [0.1, 0.15) is 67.8 Å². The van der Waals surface area contributed by atoms with Crippen molar-refractivity contribution in [3.8, 4) is 5.75 Å². The van der Waals surface area contributed by atoms with Crippen molar-refractivity contribution >= 4 is 59.4 Å². The summed E-state index contributed by atoms with van der Waals surface area (Å²) >= 11 is 0. The second kappa shape index (κ2) is 32.4. The first kappa shape index (κ1) is 64.8. The number of likely N-dealkylation sites (N-methyl/N-ethyl adjacent to an activating group) is 1. The highest BCUT2D eigenvalue weighted by Gasteiger charge is 2.41. The van der Waals surface area contributed by atoms with Crippen molar-refractivity contribution in [2.75, 3.05) is 26.7 Å². The fourth-order valence-corrected chi connectivity index (χ4v) is 9.03. The van der Waals surface area contributed by atoms with Crippen LogP contribution in [0.5, 0.6) is 5.75 Å². The summed E-state index contributed by atoms with van der Waals surface area (Å²) < 4.78 is 10.7. The number of nitrogens with zero attached hydrogens (tertiary/aromatic N) is 3. The number of imidazole rings is 1. The number of nitrogens with two attached hydrogens (primary N) is 1. The van der Waals surface area contributed by atoms with Gasteiger partial charge in [-0.25, -0.2) is 14.6 Å². The lowest BCUT2D eigenvalue weighted by molar-refractivity contribution is -0.149. The van der Waals surface area contributed by atoms with E-state index in [1.165, 1.54) is 37.3 Å². The molecule has 8 amide bonds. The molecular weight excluding hydrogens is 1070 g/mol. The minimum atomic E-state index is -1.40. The molecule has 0 aliphatic carbocycles. The lowest BCUT2D eigenvalue weighted by Crippen LogP contribution is -2.62. The Kier molecular flexibility index (Phi) is 25.3. The van der Waals surface area contributed by atoms with Gasteiger partial charge >= 0.3 is 12.1 Å². The molecule has 0 bridgehead atoms. The highest BCUT2D eigenvalue weighted by atomic mass is 16.6. The van der Waals surface area contributed by atoms with Gasteiger partial charge in [-0.1, -0.05) is 107 Å². The maximum atomic E-state index is 14.7. The first-order chi connectivity index (χ1) is 39.6. The number of aromatic hydroxyl groups is 1. The van der Waals surface area contributed by atoms with Crippen LogP contribution in [-0.2, 0) is 73.9 Å². The van der Waals surface area contributed by atoms with E-state index in [9.17, 15) is 48.3 Å². The number of benzene rings is 3. The highest BCUT2D eigenvalue weighted by Crippen LogP contribution is 2.21. The number of amides is 8. The van der Waals surface area contributed by atoms with Gasteiger partial charge in [0.2, 0.25) is 41.4 Å². The van der Waals surface area contributed by atoms with Gasteiger partial charge in [0.05, 0.1) is 12.0 Å². The smallest absolute Gasteiger partial charge is 0.410 e. The van der Waals surface area contributed by atoms with E-state index in [1.807, 2.05) is 24.3 Å². The fraction of sp³-hybridized carbons (Fsp3) is 0.466. The molecule has 8 atom stereocenters. The van der Waals surface area contributed by atoms with Crippen LogP contribution in [0.1, 0.15) is 89.1 Å².